The van der Waals surface area contributed by atoms with Crippen LogP contribution in [0.25, 0.3) is 0 Å². The molecule has 0 aliphatic carbocycles. The van der Waals surface area contributed by atoms with E-state index in [9.17, 15) is 9.59 Å². The first-order valence-electron chi connectivity index (χ1n) is 7.14. The Morgan fingerprint density at radius 1 is 1.57 bits per heavy atom. The zero-order valence-corrected chi connectivity index (χ0v) is 14.8. The Labute approximate surface area is 144 Å². The maximum absolute atomic E-state index is 12.1. The van der Waals surface area contributed by atoms with Crippen LogP contribution in [-0.2, 0) is 16.1 Å². The van der Waals surface area contributed by atoms with Crippen LogP contribution >= 0.6 is 27.3 Å². The van der Waals surface area contributed by atoms with Gasteiger partial charge in [-0.2, -0.15) is 0 Å². The van der Waals surface area contributed by atoms with Gasteiger partial charge in [0, 0.05) is 22.8 Å². The molecule has 1 aliphatic heterocycles. The van der Waals surface area contributed by atoms with Gasteiger partial charge in [-0.05, 0) is 41.8 Å². The fourth-order valence-electron chi connectivity index (χ4n) is 2.36. The molecule has 0 saturated carbocycles. The van der Waals surface area contributed by atoms with Crippen LogP contribution in [0.4, 0.5) is 5.13 Å². The summed E-state index contributed by atoms with van der Waals surface area (Å²) in [5, 5.41) is 11.9. The number of halogens is 1. The molecule has 122 valence electrons. The van der Waals surface area contributed by atoms with Crippen molar-refractivity contribution in [2.45, 2.75) is 32.4 Å². The summed E-state index contributed by atoms with van der Waals surface area (Å²) in [5.41, 5.74) is 0.379. The molecular formula is C14H15BrN4O3S. The molecule has 1 N–H and O–H groups in total. The second-order valence-electron chi connectivity index (χ2n) is 5.27. The Morgan fingerprint density at radius 3 is 3.13 bits per heavy atom. The SMILES string of the molecule is Cc1cc(Br)cn(CC(=O)Nc2nnc(C3CCCO3)s2)c1=O. The number of pyridine rings is 1. The number of hydrogen-bond acceptors (Lipinski definition) is 6. The number of carbonyl (C=O) groups excluding carboxylic acids is 1. The summed E-state index contributed by atoms with van der Waals surface area (Å²) in [6.07, 6.45) is 3.51. The summed E-state index contributed by atoms with van der Waals surface area (Å²) in [7, 11) is 0. The van der Waals surface area contributed by atoms with Gasteiger partial charge in [0.1, 0.15) is 17.7 Å². The van der Waals surface area contributed by atoms with Gasteiger partial charge in [0.25, 0.3) is 5.56 Å². The van der Waals surface area contributed by atoms with Crippen molar-refractivity contribution in [2.75, 3.05) is 11.9 Å². The molecule has 1 saturated heterocycles. The third-order valence-electron chi connectivity index (χ3n) is 3.44. The van der Waals surface area contributed by atoms with Crippen molar-refractivity contribution < 1.29 is 9.53 Å². The number of aromatic nitrogens is 3. The van der Waals surface area contributed by atoms with Gasteiger partial charge in [0.05, 0.1) is 0 Å². The van der Waals surface area contributed by atoms with Crippen LogP contribution in [-0.4, -0.2) is 27.3 Å². The third kappa shape index (κ3) is 3.85. The van der Waals surface area contributed by atoms with Gasteiger partial charge in [0.15, 0.2) is 0 Å². The lowest BCUT2D eigenvalue weighted by atomic mass is 10.2. The van der Waals surface area contributed by atoms with E-state index in [0.29, 0.717) is 10.7 Å². The Bertz CT molecular complexity index is 783. The Morgan fingerprint density at radius 2 is 2.39 bits per heavy atom. The molecule has 2 aromatic heterocycles. The second kappa shape index (κ2) is 6.90. The molecule has 23 heavy (non-hydrogen) atoms. The highest BCUT2D eigenvalue weighted by atomic mass is 79.9. The van der Waals surface area contributed by atoms with E-state index in [0.717, 1.165) is 28.9 Å². The molecule has 1 atom stereocenters. The van der Waals surface area contributed by atoms with Crippen LogP contribution in [0, 0.1) is 6.92 Å². The smallest absolute Gasteiger partial charge is 0.253 e. The predicted molar refractivity (Wildman–Crippen MR) is 89.6 cm³/mol. The van der Waals surface area contributed by atoms with Gasteiger partial charge < -0.3 is 9.30 Å². The summed E-state index contributed by atoms with van der Waals surface area (Å²) >= 11 is 4.62. The zero-order valence-electron chi connectivity index (χ0n) is 12.4. The topological polar surface area (TPSA) is 86.1 Å². The third-order valence-corrected chi connectivity index (χ3v) is 4.80. The molecular weight excluding hydrogens is 384 g/mol. The van der Waals surface area contributed by atoms with Gasteiger partial charge in [0.2, 0.25) is 11.0 Å². The van der Waals surface area contributed by atoms with Crippen molar-refractivity contribution in [3.63, 3.8) is 0 Å². The van der Waals surface area contributed by atoms with Crippen molar-refractivity contribution in [1.82, 2.24) is 14.8 Å². The lowest BCUT2D eigenvalue weighted by Crippen LogP contribution is -2.28. The fraction of sp³-hybridized carbons (Fsp3) is 0.429. The van der Waals surface area contributed by atoms with Crippen LogP contribution in [0.1, 0.15) is 29.5 Å². The maximum atomic E-state index is 12.1. The van der Waals surface area contributed by atoms with E-state index in [1.54, 1.807) is 19.2 Å². The van der Waals surface area contributed by atoms with E-state index in [1.165, 1.54) is 15.9 Å². The van der Waals surface area contributed by atoms with E-state index in [1.807, 2.05) is 0 Å². The van der Waals surface area contributed by atoms with Crippen LogP contribution in [0.2, 0.25) is 0 Å². The van der Waals surface area contributed by atoms with Crippen LogP contribution in [0.5, 0.6) is 0 Å². The van der Waals surface area contributed by atoms with Crippen molar-refractivity contribution >= 4 is 38.3 Å². The minimum atomic E-state index is -0.320. The number of anilines is 1. The quantitative estimate of drug-likeness (QED) is 0.853. The summed E-state index contributed by atoms with van der Waals surface area (Å²) in [5.74, 6) is -0.320. The molecule has 7 nitrogen and oxygen atoms in total. The molecule has 0 spiro atoms. The van der Waals surface area contributed by atoms with E-state index in [2.05, 4.69) is 31.4 Å². The number of amides is 1. The molecule has 0 aromatic carbocycles. The minimum Gasteiger partial charge on any atom is -0.371 e. The highest BCUT2D eigenvalue weighted by Crippen LogP contribution is 2.31. The number of nitrogens with zero attached hydrogens (tertiary/aromatic N) is 3. The first-order valence-corrected chi connectivity index (χ1v) is 8.75. The number of nitrogens with one attached hydrogen (secondary N) is 1. The number of rotatable bonds is 4. The Kier molecular flexibility index (Phi) is 4.88. The molecule has 1 fully saturated rings. The Balaban J connectivity index is 1.67. The van der Waals surface area contributed by atoms with Crippen LogP contribution < -0.4 is 10.9 Å². The largest absolute Gasteiger partial charge is 0.371 e. The number of hydrogen-bond donors (Lipinski definition) is 1. The van der Waals surface area contributed by atoms with Gasteiger partial charge in [-0.1, -0.05) is 11.3 Å². The summed E-state index contributed by atoms with van der Waals surface area (Å²) in [4.78, 5) is 24.1. The van der Waals surface area contributed by atoms with Gasteiger partial charge in [-0.15, -0.1) is 10.2 Å². The highest BCUT2D eigenvalue weighted by molar-refractivity contribution is 9.10. The first-order chi connectivity index (χ1) is 11.0. The standard InChI is InChI=1S/C14H15BrN4O3S/c1-8-5-9(15)6-19(13(8)21)7-11(20)16-14-18-17-12(23-14)10-3-2-4-22-10/h5-6,10H,2-4,7H2,1H3,(H,16,18,20). The van der Waals surface area contributed by atoms with E-state index in [4.69, 9.17) is 4.74 Å². The molecule has 1 unspecified atom stereocenters. The van der Waals surface area contributed by atoms with Crippen LogP contribution in [0.15, 0.2) is 21.5 Å². The zero-order chi connectivity index (χ0) is 16.4. The number of aryl methyl sites for hydroxylation is 1. The second-order valence-corrected chi connectivity index (χ2v) is 7.19. The molecule has 3 heterocycles. The lowest BCUT2D eigenvalue weighted by Gasteiger charge is -2.07. The summed E-state index contributed by atoms with van der Waals surface area (Å²) in [6.45, 7) is 2.37. The van der Waals surface area contributed by atoms with Crippen LogP contribution in [0.3, 0.4) is 0 Å². The van der Waals surface area contributed by atoms with Crippen molar-refractivity contribution in [1.29, 1.82) is 0 Å². The molecule has 0 radical (unpaired) electrons. The van der Waals surface area contributed by atoms with Gasteiger partial charge in [-0.25, -0.2) is 0 Å². The number of ether oxygens (including phenoxy) is 1. The van der Waals surface area contributed by atoms with Crippen molar-refractivity contribution in [3.05, 3.63) is 37.7 Å². The molecule has 9 heteroatoms. The molecule has 2 aromatic rings. The van der Waals surface area contributed by atoms with Crippen molar-refractivity contribution in [2.24, 2.45) is 0 Å². The number of carbonyl (C=O) groups is 1. The molecule has 1 amide bonds. The monoisotopic (exact) mass is 398 g/mol. The maximum Gasteiger partial charge on any atom is 0.253 e. The van der Waals surface area contributed by atoms with Crippen molar-refractivity contribution in [3.8, 4) is 0 Å². The average Bonchev–Trinajstić information content (AvgIpc) is 3.14. The Hall–Kier alpha value is -1.58. The van der Waals surface area contributed by atoms with E-state index < -0.39 is 0 Å². The average molecular weight is 399 g/mol. The summed E-state index contributed by atoms with van der Waals surface area (Å²) in [6, 6.07) is 1.72. The highest BCUT2D eigenvalue weighted by Gasteiger charge is 2.22. The van der Waals surface area contributed by atoms with Gasteiger partial charge in [-0.3, -0.25) is 14.9 Å². The molecule has 1 aliphatic rings. The first kappa shape index (κ1) is 16.3. The lowest BCUT2D eigenvalue weighted by molar-refractivity contribution is -0.116. The molecule has 0 bridgehead atoms. The van der Waals surface area contributed by atoms with E-state index >= 15 is 0 Å². The van der Waals surface area contributed by atoms with E-state index in [-0.39, 0.29) is 24.1 Å². The normalized spacial score (nSPS) is 17.4. The minimum absolute atomic E-state index is 0.0199. The fourth-order valence-corrected chi connectivity index (χ4v) is 3.79. The predicted octanol–water partition coefficient (Wildman–Crippen LogP) is 2.26. The molecule has 3 rings (SSSR count). The van der Waals surface area contributed by atoms with Gasteiger partial charge >= 0.3 is 0 Å². The summed E-state index contributed by atoms with van der Waals surface area (Å²) < 4.78 is 7.65.